The van der Waals surface area contributed by atoms with Crippen LogP contribution in [0.5, 0.6) is 5.75 Å². The highest BCUT2D eigenvalue weighted by molar-refractivity contribution is 6.16. The number of amides is 2. The minimum Gasteiger partial charge on any atom is -0.497 e. The van der Waals surface area contributed by atoms with Crippen LogP contribution in [0.1, 0.15) is 32.2 Å². The van der Waals surface area contributed by atoms with E-state index in [1.54, 1.807) is 61.7 Å². The highest BCUT2D eigenvalue weighted by atomic mass is 16.5. The first-order valence-corrected chi connectivity index (χ1v) is 11.3. The van der Waals surface area contributed by atoms with E-state index in [1.807, 2.05) is 32.0 Å². The summed E-state index contributed by atoms with van der Waals surface area (Å²) < 4.78 is 16.4. The molecular weight excluding hydrogens is 458 g/mol. The predicted molar refractivity (Wildman–Crippen MR) is 137 cm³/mol. The zero-order chi connectivity index (χ0) is 25.2. The number of fused-ring (bicyclic) bond motifs is 1. The lowest BCUT2D eigenvalue weighted by Crippen LogP contribution is -2.17. The predicted octanol–water partition coefficient (Wildman–Crippen LogP) is 6.22. The summed E-state index contributed by atoms with van der Waals surface area (Å²) in [7, 11) is 1.57. The second-order valence-electron chi connectivity index (χ2n) is 8.31. The second-order valence-corrected chi connectivity index (χ2v) is 8.31. The number of nitrogens with zero attached hydrogens (tertiary/aromatic N) is 1. The van der Waals surface area contributed by atoms with Gasteiger partial charge in [0.15, 0.2) is 11.5 Å². The van der Waals surface area contributed by atoms with E-state index < -0.39 is 11.8 Å². The fraction of sp³-hybridized carbons (Fsp3) is 0.107. The van der Waals surface area contributed by atoms with E-state index in [1.165, 1.54) is 0 Å². The van der Waals surface area contributed by atoms with Gasteiger partial charge in [0.05, 0.1) is 7.11 Å². The van der Waals surface area contributed by atoms with Gasteiger partial charge in [0.25, 0.3) is 11.8 Å². The third-order valence-corrected chi connectivity index (χ3v) is 5.92. The molecule has 0 radical (unpaired) electrons. The Hall–Kier alpha value is -4.85. The Labute approximate surface area is 206 Å². The van der Waals surface area contributed by atoms with Crippen LogP contribution in [0, 0.1) is 13.8 Å². The van der Waals surface area contributed by atoms with Crippen molar-refractivity contribution >= 4 is 34.2 Å². The number of furan rings is 1. The van der Waals surface area contributed by atoms with E-state index in [0.717, 1.165) is 16.7 Å². The molecule has 0 aliphatic carbocycles. The third-order valence-electron chi connectivity index (χ3n) is 5.92. The highest BCUT2D eigenvalue weighted by Gasteiger charge is 2.24. The summed E-state index contributed by atoms with van der Waals surface area (Å²) in [4.78, 5) is 26.2. The second kappa shape index (κ2) is 9.42. The third kappa shape index (κ3) is 4.44. The van der Waals surface area contributed by atoms with Gasteiger partial charge < -0.3 is 24.3 Å². The first kappa shape index (κ1) is 22.9. The van der Waals surface area contributed by atoms with Crippen molar-refractivity contribution in [3.8, 4) is 17.1 Å². The molecule has 8 nitrogen and oxygen atoms in total. The molecule has 0 unspecified atom stereocenters. The summed E-state index contributed by atoms with van der Waals surface area (Å²) >= 11 is 0. The maximum atomic E-state index is 13.1. The van der Waals surface area contributed by atoms with E-state index in [0.29, 0.717) is 28.2 Å². The Balaban J connectivity index is 1.43. The molecule has 2 aromatic heterocycles. The Bertz CT molecular complexity index is 1580. The SMILES string of the molecule is COc1ccc(NC(=O)c2oc3ccccc3c2NC(=O)c2cc(-c3ccc(C)c(C)c3)on2)cc1. The van der Waals surface area contributed by atoms with Crippen molar-refractivity contribution in [3.63, 3.8) is 0 Å². The molecule has 5 rings (SSSR count). The molecular formula is C28H23N3O5. The van der Waals surface area contributed by atoms with Crippen LogP contribution < -0.4 is 15.4 Å². The van der Waals surface area contributed by atoms with Crippen LogP contribution in [-0.4, -0.2) is 24.1 Å². The summed E-state index contributed by atoms with van der Waals surface area (Å²) in [6, 6.07) is 21.4. The number of aromatic nitrogens is 1. The largest absolute Gasteiger partial charge is 0.497 e. The van der Waals surface area contributed by atoms with E-state index in [4.69, 9.17) is 13.7 Å². The van der Waals surface area contributed by atoms with Gasteiger partial charge in [-0.2, -0.15) is 0 Å². The normalized spacial score (nSPS) is 10.9. The molecule has 180 valence electrons. The summed E-state index contributed by atoms with van der Waals surface area (Å²) in [5.74, 6) is 0.0648. The van der Waals surface area contributed by atoms with E-state index in [2.05, 4.69) is 15.8 Å². The molecule has 36 heavy (non-hydrogen) atoms. The number of benzene rings is 3. The van der Waals surface area contributed by atoms with Crippen molar-refractivity contribution < 1.29 is 23.3 Å². The van der Waals surface area contributed by atoms with E-state index in [9.17, 15) is 9.59 Å². The number of rotatable bonds is 6. The standard InChI is InChI=1S/C28H23N3O5/c1-16-8-9-18(14-17(16)2)24-15-22(31-36-24)27(32)30-25-21-6-4-5-7-23(21)35-26(25)28(33)29-19-10-12-20(34-3)13-11-19/h4-15H,1-3H3,(H,29,33)(H,30,32). The zero-order valence-corrected chi connectivity index (χ0v) is 19.9. The Morgan fingerprint density at radius 2 is 1.64 bits per heavy atom. The fourth-order valence-corrected chi connectivity index (χ4v) is 3.78. The van der Waals surface area contributed by atoms with Gasteiger partial charge in [-0.25, -0.2) is 0 Å². The molecule has 2 amide bonds. The molecule has 0 bridgehead atoms. The van der Waals surface area contributed by atoms with Gasteiger partial charge in [-0.15, -0.1) is 0 Å². The van der Waals surface area contributed by atoms with Gasteiger partial charge in [-0.1, -0.05) is 29.4 Å². The van der Waals surface area contributed by atoms with Crippen molar-refractivity contribution in [2.75, 3.05) is 17.7 Å². The number of carbonyl (C=O) groups is 2. The number of methoxy groups -OCH3 is 1. The minimum absolute atomic E-state index is 0.0294. The fourth-order valence-electron chi connectivity index (χ4n) is 3.78. The molecule has 8 heteroatoms. The van der Waals surface area contributed by atoms with Gasteiger partial charge >= 0.3 is 0 Å². The summed E-state index contributed by atoms with van der Waals surface area (Å²) in [5, 5.41) is 10.1. The first-order valence-electron chi connectivity index (χ1n) is 11.3. The lowest BCUT2D eigenvalue weighted by Gasteiger charge is -2.07. The van der Waals surface area contributed by atoms with Crippen molar-refractivity contribution in [3.05, 3.63) is 95.4 Å². The number of hydrogen-bond donors (Lipinski definition) is 2. The maximum absolute atomic E-state index is 13.1. The van der Waals surface area contributed by atoms with Crippen LogP contribution in [0.4, 0.5) is 11.4 Å². The molecule has 0 aliphatic heterocycles. The molecule has 0 spiro atoms. The summed E-state index contributed by atoms with van der Waals surface area (Å²) in [6.45, 7) is 4.03. The van der Waals surface area contributed by atoms with Crippen LogP contribution >= 0.6 is 0 Å². The number of anilines is 2. The van der Waals surface area contributed by atoms with Crippen molar-refractivity contribution in [1.29, 1.82) is 0 Å². The quantitative estimate of drug-likeness (QED) is 0.298. The Morgan fingerprint density at radius 1 is 0.861 bits per heavy atom. The van der Waals surface area contributed by atoms with Crippen molar-refractivity contribution in [1.82, 2.24) is 5.16 Å². The molecule has 0 atom stereocenters. The van der Waals surface area contributed by atoms with E-state index in [-0.39, 0.29) is 17.1 Å². The van der Waals surface area contributed by atoms with Gasteiger partial charge in [0.2, 0.25) is 5.76 Å². The maximum Gasteiger partial charge on any atom is 0.293 e. The van der Waals surface area contributed by atoms with Crippen molar-refractivity contribution in [2.24, 2.45) is 0 Å². The molecule has 0 fully saturated rings. The van der Waals surface area contributed by atoms with E-state index >= 15 is 0 Å². The molecule has 5 aromatic rings. The lowest BCUT2D eigenvalue weighted by molar-refractivity contribution is 0.0999. The van der Waals surface area contributed by atoms with Gasteiger partial charge in [0, 0.05) is 22.7 Å². The molecule has 0 saturated carbocycles. The number of ether oxygens (including phenoxy) is 1. The lowest BCUT2D eigenvalue weighted by atomic mass is 10.0. The molecule has 2 heterocycles. The van der Waals surface area contributed by atoms with Gasteiger partial charge in [-0.3, -0.25) is 9.59 Å². The Morgan fingerprint density at radius 3 is 2.39 bits per heavy atom. The molecule has 3 aromatic carbocycles. The highest BCUT2D eigenvalue weighted by Crippen LogP contribution is 2.32. The molecule has 0 aliphatic rings. The number of nitrogens with one attached hydrogen (secondary N) is 2. The monoisotopic (exact) mass is 481 g/mol. The summed E-state index contributed by atoms with van der Waals surface area (Å²) in [5.41, 5.74) is 4.41. The number of para-hydroxylation sites is 1. The minimum atomic E-state index is -0.529. The first-order chi connectivity index (χ1) is 17.4. The average Bonchev–Trinajstić information content (AvgIpc) is 3.52. The van der Waals surface area contributed by atoms with Gasteiger partial charge in [0.1, 0.15) is 17.0 Å². The average molecular weight is 482 g/mol. The molecule has 0 saturated heterocycles. The number of aryl methyl sites for hydroxylation is 2. The van der Waals surface area contributed by atoms with Gasteiger partial charge in [-0.05, 0) is 67.4 Å². The van der Waals surface area contributed by atoms with Crippen LogP contribution in [-0.2, 0) is 0 Å². The van der Waals surface area contributed by atoms with Crippen molar-refractivity contribution in [2.45, 2.75) is 13.8 Å². The number of hydrogen-bond acceptors (Lipinski definition) is 6. The number of carbonyl (C=O) groups excluding carboxylic acids is 2. The smallest absolute Gasteiger partial charge is 0.293 e. The van der Waals surface area contributed by atoms with Crippen LogP contribution in [0.3, 0.4) is 0 Å². The topological polar surface area (TPSA) is 107 Å². The van der Waals surface area contributed by atoms with Crippen LogP contribution in [0.15, 0.2) is 81.7 Å². The van der Waals surface area contributed by atoms with Crippen LogP contribution in [0.2, 0.25) is 0 Å². The summed E-state index contributed by atoms with van der Waals surface area (Å²) in [6.07, 6.45) is 0. The zero-order valence-electron chi connectivity index (χ0n) is 19.9. The Kier molecular flexibility index (Phi) is 6.00. The van der Waals surface area contributed by atoms with Crippen LogP contribution in [0.25, 0.3) is 22.3 Å². The molecule has 2 N–H and O–H groups in total.